The van der Waals surface area contributed by atoms with E-state index in [1.807, 2.05) is 41.9 Å². The van der Waals surface area contributed by atoms with Gasteiger partial charge < -0.3 is 5.11 Å². The van der Waals surface area contributed by atoms with Crippen molar-refractivity contribution in [3.63, 3.8) is 0 Å². The Morgan fingerprint density at radius 3 is 2.58 bits per heavy atom. The molecule has 0 aliphatic carbocycles. The predicted molar refractivity (Wildman–Crippen MR) is 76.9 cm³/mol. The van der Waals surface area contributed by atoms with Crippen LogP contribution in [0.4, 0.5) is 0 Å². The lowest BCUT2D eigenvalue weighted by molar-refractivity contribution is 0.116. The van der Waals surface area contributed by atoms with Gasteiger partial charge in [0.2, 0.25) is 0 Å². The Balaban J connectivity index is 2.10. The number of benzene rings is 1. The average molecular weight is 258 g/mol. The first-order chi connectivity index (χ1) is 9.11. The van der Waals surface area contributed by atoms with Crippen molar-refractivity contribution in [1.29, 1.82) is 0 Å². The highest BCUT2D eigenvalue weighted by Crippen LogP contribution is 2.25. The number of aromatic nitrogens is 2. The van der Waals surface area contributed by atoms with Crippen LogP contribution in [-0.4, -0.2) is 14.9 Å². The molecule has 1 N–H and O–H groups in total. The Hall–Kier alpha value is -1.61. The van der Waals surface area contributed by atoms with Crippen LogP contribution in [0.15, 0.2) is 36.4 Å². The van der Waals surface area contributed by atoms with Crippen molar-refractivity contribution in [3.05, 3.63) is 53.3 Å². The molecule has 19 heavy (non-hydrogen) atoms. The van der Waals surface area contributed by atoms with Gasteiger partial charge in [-0.3, -0.25) is 4.68 Å². The lowest BCUT2D eigenvalue weighted by Gasteiger charge is -2.19. The molecule has 2 atom stereocenters. The first kappa shape index (κ1) is 13.8. The third-order valence-corrected chi connectivity index (χ3v) is 3.50. The normalized spacial score (nSPS) is 14.3. The third-order valence-electron chi connectivity index (χ3n) is 3.50. The molecule has 3 nitrogen and oxygen atoms in total. The molecule has 1 aromatic heterocycles. The lowest BCUT2D eigenvalue weighted by Crippen LogP contribution is -2.14. The van der Waals surface area contributed by atoms with Crippen LogP contribution in [0.5, 0.6) is 0 Å². The number of hydrogen-bond donors (Lipinski definition) is 1. The van der Waals surface area contributed by atoms with Crippen LogP contribution in [0.3, 0.4) is 0 Å². The molecule has 0 saturated heterocycles. The van der Waals surface area contributed by atoms with Gasteiger partial charge in [-0.2, -0.15) is 5.10 Å². The Bertz CT molecular complexity index is 519. The quantitative estimate of drug-likeness (QED) is 0.894. The molecule has 0 aliphatic heterocycles. The van der Waals surface area contributed by atoms with Crippen LogP contribution in [0.2, 0.25) is 0 Å². The molecule has 0 spiro atoms. The summed E-state index contributed by atoms with van der Waals surface area (Å²) in [7, 11) is 0. The number of nitrogens with zero attached hydrogens (tertiary/aromatic N) is 2. The molecule has 0 bridgehead atoms. The molecule has 0 aliphatic rings. The van der Waals surface area contributed by atoms with Gasteiger partial charge in [0.25, 0.3) is 0 Å². The summed E-state index contributed by atoms with van der Waals surface area (Å²) in [5.41, 5.74) is 3.22. The largest absolute Gasteiger partial charge is 0.388 e. The fourth-order valence-electron chi connectivity index (χ4n) is 2.46. The highest BCUT2D eigenvalue weighted by Gasteiger charge is 2.18. The summed E-state index contributed by atoms with van der Waals surface area (Å²) in [6.45, 7) is 7.06. The Labute approximate surface area is 114 Å². The van der Waals surface area contributed by atoms with E-state index in [4.69, 9.17) is 0 Å². The molecule has 2 aromatic rings. The first-order valence-corrected chi connectivity index (χ1v) is 6.88. The molecule has 0 radical (unpaired) electrons. The van der Waals surface area contributed by atoms with E-state index < -0.39 is 6.10 Å². The fraction of sp³-hybridized carbons (Fsp3) is 0.438. The maximum Gasteiger partial charge on any atom is 0.0819 e. The van der Waals surface area contributed by atoms with Gasteiger partial charge in [-0.15, -0.1) is 0 Å². The monoisotopic (exact) mass is 258 g/mol. The second-order valence-electron chi connectivity index (χ2n) is 5.13. The summed E-state index contributed by atoms with van der Waals surface area (Å²) < 4.78 is 2.02. The minimum Gasteiger partial charge on any atom is -0.388 e. The van der Waals surface area contributed by atoms with Gasteiger partial charge in [0.1, 0.15) is 0 Å². The van der Waals surface area contributed by atoms with Gasteiger partial charge in [0.15, 0.2) is 0 Å². The SMILES string of the molecule is CCn1nc(C)cc1CC(C)C(O)c1ccccc1. The lowest BCUT2D eigenvalue weighted by atomic mass is 9.93. The maximum atomic E-state index is 10.4. The molecule has 2 unspecified atom stereocenters. The van der Waals surface area contributed by atoms with Crippen LogP contribution in [0.25, 0.3) is 0 Å². The van der Waals surface area contributed by atoms with E-state index in [0.29, 0.717) is 0 Å². The summed E-state index contributed by atoms with van der Waals surface area (Å²) in [4.78, 5) is 0. The van der Waals surface area contributed by atoms with Crippen molar-refractivity contribution in [2.75, 3.05) is 0 Å². The first-order valence-electron chi connectivity index (χ1n) is 6.88. The zero-order valence-electron chi connectivity index (χ0n) is 11.9. The Kier molecular flexibility index (Phi) is 4.38. The van der Waals surface area contributed by atoms with Gasteiger partial charge in [-0.25, -0.2) is 0 Å². The standard InChI is InChI=1S/C16H22N2O/c1-4-18-15(11-13(3)17-18)10-12(2)16(19)14-8-6-5-7-9-14/h5-9,11-12,16,19H,4,10H2,1-3H3. The second kappa shape index (κ2) is 6.02. The molecule has 102 valence electrons. The highest BCUT2D eigenvalue weighted by molar-refractivity contribution is 5.19. The van der Waals surface area contributed by atoms with Crippen LogP contribution < -0.4 is 0 Å². The summed E-state index contributed by atoms with van der Waals surface area (Å²) in [5, 5.41) is 14.8. The van der Waals surface area contributed by atoms with Crippen molar-refractivity contribution < 1.29 is 5.11 Å². The van der Waals surface area contributed by atoms with E-state index in [9.17, 15) is 5.11 Å². The summed E-state index contributed by atoms with van der Waals surface area (Å²) in [6, 6.07) is 12.0. The molecule has 1 heterocycles. The number of rotatable bonds is 5. The Morgan fingerprint density at radius 1 is 1.26 bits per heavy atom. The number of aliphatic hydroxyl groups is 1. The molecule has 2 rings (SSSR count). The van der Waals surface area contributed by atoms with E-state index in [-0.39, 0.29) is 5.92 Å². The van der Waals surface area contributed by atoms with Gasteiger partial charge in [-0.05, 0) is 37.8 Å². The van der Waals surface area contributed by atoms with Gasteiger partial charge in [0, 0.05) is 12.2 Å². The number of aryl methyl sites for hydroxylation is 2. The van der Waals surface area contributed by atoms with Crippen LogP contribution in [-0.2, 0) is 13.0 Å². The van der Waals surface area contributed by atoms with E-state index in [1.165, 1.54) is 5.69 Å². The topological polar surface area (TPSA) is 38.0 Å². The minimum atomic E-state index is -0.429. The van der Waals surface area contributed by atoms with Crippen molar-refractivity contribution >= 4 is 0 Å². The van der Waals surface area contributed by atoms with Crippen molar-refractivity contribution in [1.82, 2.24) is 9.78 Å². The van der Waals surface area contributed by atoms with Crippen molar-refractivity contribution in [2.24, 2.45) is 5.92 Å². The summed E-state index contributed by atoms with van der Waals surface area (Å²) in [6.07, 6.45) is 0.409. The minimum absolute atomic E-state index is 0.170. The number of hydrogen-bond acceptors (Lipinski definition) is 2. The average Bonchev–Trinajstić information content (AvgIpc) is 2.78. The molecular weight excluding hydrogens is 236 g/mol. The van der Waals surface area contributed by atoms with Crippen LogP contribution in [0.1, 0.15) is 36.9 Å². The molecule has 0 fully saturated rings. The van der Waals surface area contributed by atoms with Crippen LogP contribution in [0, 0.1) is 12.8 Å². The molecular formula is C16H22N2O. The molecule has 0 amide bonds. The van der Waals surface area contributed by atoms with E-state index in [0.717, 1.165) is 24.2 Å². The fourth-order valence-corrected chi connectivity index (χ4v) is 2.46. The molecule has 3 heteroatoms. The zero-order chi connectivity index (χ0) is 13.8. The van der Waals surface area contributed by atoms with E-state index in [1.54, 1.807) is 0 Å². The Morgan fingerprint density at radius 2 is 1.95 bits per heavy atom. The molecule has 0 saturated carbocycles. The number of aliphatic hydroxyl groups excluding tert-OH is 1. The van der Waals surface area contributed by atoms with E-state index in [2.05, 4.69) is 25.0 Å². The predicted octanol–water partition coefficient (Wildman–Crippen LogP) is 3.12. The van der Waals surface area contributed by atoms with Gasteiger partial charge in [-0.1, -0.05) is 37.3 Å². The van der Waals surface area contributed by atoms with E-state index >= 15 is 0 Å². The highest BCUT2D eigenvalue weighted by atomic mass is 16.3. The van der Waals surface area contributed by atoms with Crippen molar-refractivity contribution in [2.45, 2.75) is 39.8 Å². The summed E-state index contributed by atoms with van der Waals surface area (Å²) in [5.74, 6) is 0.170. The van der Waals surface area contributed by atoms with Gasteiger partial charge in [0.05, 0.1) is 11.8 Å². The third kappa shape index (κ3) is 3.24. The van der Waals surface area contributed by atoms with Crippen LogP contribution >= 0.6 is 0 Å². The van der Waals surface area contributed by atoms with Crippen molar-refractivity contribution in [3.8, 4) is 0 Å². The summed E-state index contributed by atoms with van der Waals surface area (Å²) >= 11 is 0. The second-order valence-corrected chi connectivity index (χ2v) is 5.13. The zero-order valence-corrected chi connectivity index (χ0v) is 11.9. The smallest absolute Gasteiger partial charge is 0.0819 e. The van der Waals surface area contributed by atoms with Gasteiger partial charge >= 0.3 is 0 Å². The molecule has 1 aromatic carbocycles. The maximum absolute atomic E-state index is 10.4.